The Labute approximate surface area is 239 Å². The molecule has 216 valence electrons. The van der Waals surface area contributed by atoms with Crippen LogP contribution in [0.15, 0.2) is 66.9 Å². The number of hydrogen-bond donors (Lipinski definition) is 1. The minimum atomic E-state index is -2.90. The van der Waals surface area contributed by atoms with Gasteiger partial charge in [-0.25, -0.2) is 27.8 Å². The number of cyclic esters (lactones) is 1. The van der Waals surface area contributed by atoms with Crippen LogP contribution >= 0.6 is 0 Å². The number of amides is 3. The van der Waals surface area contributed by atoms with Gasteiger partial charge in [0.1, 0.15) is 23.7 Å². The number of halogens is 3. The van der Waals surface area contributed by atoms with Crippen LogP contribution in [0.2, 0.25) is 0 Å². The summed E-state index contributed by atoms with van der Waals surface area (Å²) in [7, 11) is 0. The second-order valence-corrected chi connectivity index (χ2v) is 10.2. The molecule has 2 fully saturated rings. The maximum absolute atomic E-state index is 14.6. The van der Waals surface area contributed by atoms with Gasteiger partial charge in [-0.3, -0.25) is 14.5 Å². The number of alkyl halides is 2. The lowest BCUT2D eigenvalue weighted by molar-refractivity contribution is -0.133. The zero-order chi connectivity index (χ0) is 30.0. The van der Waals surface area contributed by atoms with E-state index in [9.17, 15) is 32.8 Å². The maximum atomic E-state index is 14.6. The molecule has 2 aliphatic rings. The third-order valence-corrected chi connectivity index (χ3v) is 7.28. The molecular formula is C30H26F3N5O4. The molecule has 1 saturated carbocycles. The van der Waals surface area contributed by atoms with Gasteiger partial charge in [-0.1, -0.05) is 30.3 Å². The molecule has 1 saturated heterocycles. The molecule has 1 N–H and O–H groups in total. The van der Waals surface area contributed by atoms with Crippen LogP contribution in [-0.4, -0.2) is 47.5 Å². The Bertz CT molecular complexity index is 1570. The fraction of sp³-hybridized carbons (Fsp3) is 0.300. The third kappa shape index (κ3) is 5.76. The zero-order valence-corrected chi connectivity index (χ0v) is 22.5. The van der Waals surface area contributed by atoms with E-state index in [1.165, 1.54) is 36.5 Å². The van der Waals surface area contributed by atoms with Crippen molar-refractivity contribution >= 4 is 29.4 Å². The number of carbonyl (C=O) groups is 3. The highest BCUT2D eigenvalue weighted by atomic mass is 19.3. The van der Waals surface area contributed by atoms with Gasteiger partial charge in [0, 0.05) is 37.2 Å². The number of pyridine rings is 1. The molecule has 1 aliphatic heterocycles. The van der Waals surface area contributed by atoms with Gasteiger partial charge in [-0.15, -0.1) is 0 Å². The largest absolute Gasteiger partial charge is 0.449 e. The lowest BCUT2D eigenvalue weighted by Gasteiger charge is -2.41. The van der Waals surface area contributed by atoms with Crippen molar-refractivity contribution in [2.75, 3.05) is 16.4 Å². The Morgan fingerprint density at radius 1 is 1.17 bits per heavy atom. The summed E-state index contributed by atoms with van der Waals surface area (Å²) in [5, 5.41) is 12.0. The average molecular weight is 578 g/mol. The molecule has 9 nitrogen and oxygen atoms in total. The molecule has 0 bridgehead atoms. The van der Waals surface area contributed by atoms with Crippen molar-refractivity contribution in [2.24, 2.45) is 0 Å². The number of anilines is 2. The van der Waals surface area contributed by atoms with Crippen LogP contribution in [0.1, 0.15) is 42.0 Å². The predicted octanol–water partition coefficient (Wildman–Crippen LogP) is 4.80. The normalized spacial score (nSPS) is 18.7. The van der Waals surface area contributed by atoms with Crippen molar-refractivity contribution in [3.63, 3.8) is 0 Å². The Morgan fingerprint density at radius 3 is 2.62 bits per heavy atom. The molecule has 5 rings (SSSR count). The molecule has 2 heterocycles. The molecule has 3 aromatic rings. The molecule has 2 aromatic carbocycles. The quantitative estimate of drug-likeness (QED) is 0.431. The lowest BCUT2D eigenvalue weighted by Crippen LogP contribution is -2.58. The topological polar surface area (TPSA) is 116 Å². The highest BCUT2D eigenvalue weighted by Crippen LogP contribution is 2.39. The van der Waals surface area contributed by atoms with Crippen molar-refractivity contribution in [1.82, 2.24) is 10.3 Å². The van der Waals surface area contributed by atoms with E-state index in [1.807, 2.05) is 6.07 Å². The summed E-state index contributed by atoms with van der Waals surface area (Å²) in [6.07, 6.45) is -0.687. The van der Waals surface area contributed by atoms with E-state index in [4.69, 9.17) is 4.74 Å². The van der Waals surface area contributed by atoms with E-state index in [0.29, 0.717) is 11.1 Å². The van der Waals surface area contributed by atoms with Crippen LogP contribution in [0.25, 0.3) is 0 Å². The number of rotatable bonds is 7. The van der Waals surface area contributed by atoms with Crippen molar-refractivity contribution < 1.29 is 32.3 Å². The zero-order valence-electron chi connectivity index (χ0n) is 22.5. The van der Waals surface area contributed by atoms with E-state index in [-0.39, 0.29) is 30.1 Å². The third-order valence-electron chi connectivity index (χ3n) is 7.28. The Hall–Kier alpha value is -4.92. The van der Waals surface area contributed by atoms with Crippen LogP contribution in [-0.2, 0) is 14.3 Å². The minimum absolute atomic E-state index is 0.00813. The summed E-state index contributed by atoms with van der Waals surface area (Å²) >= 11 is 0. The Morgan fingerprint density at radius 2 is 1.93 bits per heavy atom. The molecular weight excluding hydrogens is 551 g/mol. The molecule has 0 spiro atoms. The van der Waals surface area contributed by atoms with Gasteiger partial charge in [-0.2, -0.15) is 5.26 Å². The fourth-order valence-corrected chi connectivity index (χ4v) is 5.22. The molecule has 42 heavy (non-hydrogen) atoms. The minimum Gasteiger partial charge on any atom is -0.449 e. The number of nitriles is 1. The highest BCUT2D eigenvalue weighted by Gasteiger charge is 2.48. The molecule has 2 atom stereocenters. The molecule has 3 amide bonds. The van der Waals surface area contributed by atoms with Crippen molar-refractivity contribution in [1.29, 1.82) is 5.26 Å². The first-order valence-electron chi connectivity index (χ1n) is 13.2. The Kier molecular flexibility index (Phi) is 7.85. The maximum Gasteiger partial charge on any atom is 0.416 e. The molecule has 0 radical (unpaired) electrons. The van der Waals surface area contributed by atoms with Gasteiger partial charge in [0.15, 0.2) is 0 Å². The van der Waals surface area contributed by atoms with Gasteiger partial charge in [0.2, 0.25) is 5.91 Å². The van der Waals surface area contributed by atoms with Gasteiger partial charge in [0.05, 0.1) is 18.2 Å². The fourth-order valence-electron chi connectivity index (χ4n) is 5.22. The first-order valence-corrected chi connectivity index (χ1v) is 13.2. The highest BCUT2D eigenvalue weighted by molar-refractivity contribution is 6.08. The Balaban J connectivity index is 1.62. The number of nitrogens with zero attached hydrogens (tertiary/aromatic N) is 4. The van der Waals surface area contributed by atoms with Crippen LogP contribution in [0.5, 0.6) is 0 Å². The van der Waals surface area contributed by atoms with Crippen LogP contribution in [0, 0.1) is 24.1 Å². The van der Waals surface area contributed by atoms with Crippen molar-refractivity contribution in [3.05, 3.63) is 89.4 Å². The second kappa shape index (κ2) is 11.5. The van der Waals surface area contributed by atoms with Gasteiger partial charge in [0.25, 0.3) is 11.8 Å². The van der Waals surface area contributed by atoms with Crippen LogP contribution < -0.4 is 15.1 Å². The van der Waals surface area contributed by atoms with E-state index in [1.54, 1.807) is 31.2 Å². The summed E-state index contributed by atoms with van der Waals surface area (Å²) < 4.78 is 47.0. The average Bonchev–Trinajstić information content (AvgIpc) is 2.95. The number of nitrogens with one attached hydrogen (secondary N) is 1. The monoisotopic (exact) mass is 577 g/mol. The number of aryl methyl sites for hydroxylation is 1. The number of benzene rings is 2. The molecule has 1 aromatic heterocycles. The molecule has 1 aliphatic carbocycles. The number of hydrogen-bond acceptors (Lipinski definition) is 6. The molecule has 12 heteroatoms. The van der Waals surface area contributed by atoms with E-state index < -0.39 is 60.6 Å². The summed E-state index contributed by atoms with van der Waals surface area (Å²) in [5.74, 6) is -5.11. The second-order valence-electron chi connectivity index (χ2n) is 10.2. The van der Waals surface area contributed by atoms with E-state index in [2.05, 4.69) is 10.3 Å². The summed E-state index contributed by atoms with van der Waals surface area (Å²) in [6.45, 7) is 1.60. The van der Waals surface area contributed by atoms with Gasteiger partial charge < -0.3 is 10.1 Å². The number of ether oxygens (including phenoxy) is 1. The molecule has 2 unspecified atom stereocenters. The predicted molar refractivity (Wildman–Crippen MR) is 145 cm³/mol. The smallest absolute Gasteiger partial charge is 0.416 e. The standard InChI is InChI=1S/C30H26F3N5O4/c1-18-5-2-3-8-23(18)26(27(39)36-21-15-30(32,33)16-21)37(22-7-4-6-20(31)14-22)28(40)24-10-12-42-29(41)38(24)25-13-19(17-34)9-11-35-25/h2-9,11,13-14,21,24,26H,10,12,15-16H2,1H3,(H,36,39). The number of carbonyl (C=O) groups excluding carboxylic acids is 3. The van der Waals surface area contributed by atoms with Crippen molar-refractivity contribution in [3.8, 4) is 6.07 Å². The van der Waals surface area contributed by atoms with Gasteiger partial charge in [-0.05, 0) is 48.4 Å². The first kappa shape index (κ1) is 28.6. The van der Waals surface area contributed by atoms with E-state index in [0.717, 1.165) is 15.9 Å². The van der Waals surface area contributed by atoms with E-state index >= 15 is 0 Å². The van der Waals surface area contributed by atoms with Crippen LogP contribution in [0.4, 0.5) is 29.5 Å². The number of aromatic nitrogens is 1. The van der Waals surface area contributed by atoms with Gasteiger partial charge >= 0.3 is 6.09 Å². The summed E-state index contributed by atoms with van der Waals surface area (Å²) in [4.78, 5) is 47.7. The first-order chi connectivity index (χ1) is 20.1. The summed E-state index contributed by atoms with van der Waals surface area (Å²) in [6, 6.07) is 13.0. The van der Waals surface area contributed by atoms with Crippen molar-refractivity contribution in [2.45, 2.75) is 50.2 Å². The lowest BCUT2D eigenvalue weighted by atomic mass is 9.87. The summed E-state index contributed by atoms with van der Waals surface area (Å²) in [5.41, 5.74) is 1.20. The van der Waals surface area contributed by atoms with Crippen LogP contribution in [0.3, 0.4) is 0 Å². The SMILES string of the molecule is Cc1ccccc1C(C(=O)NC1CC(F)(F)C1)N(C(=O)C1CCOC(=O)N1c1cc(C#N)ccn1)c1cccc(F)c1.